The van der Waals surface area contributed by atoms with Crippen molar-refractivity contribution in [1.82, 2.24) is 4.98 Å². The summed E-state index contributed by atoms with van der Waals surface area (Å²) in [7, 11) is 0. The van der Waals surface area contributed by atoms with Crippen LogP contribution in [0.1, 0.15) is 5.56 Å². The Morgan fingerprint density at radius 3 is 2.37 bits per heavy atom. The summed E-state index contributed by atoms with van der Waals surface area (Å²) in [5, 5.41) is 0.941. The summed E-state index contributed by atoms with van der Waals surface area (Å²) in [6.07, 6.45) is 0. The average molecular weight is 322 g/mol. The van der Waals surface area contributed by atoms with Gasteiger partial charge in [-0.15, -0.1) is 0 Å². The van der Waals surface area contributed by atoms with Crippen molar-refractivity contribution < 1.29 is 8.78 Å². The van der Waals surface area contributed by atoms with Gasteiger partial charge in [-0.1, -0.05) is 27.6 Å². The Labute approximate surface area is 117 Å². The Morgan fingerprint density at radius 1 is 1.00 bits per heavy atom. The number of rotatable bonds is 1. The highest BCUT2D eigenvalue weighted by Crippen LogP contribution is 2.31. The first-order chi connectivity index (χ1) is 9.04. The molecule has 0 saturated heterocycles. The number of halogens is 3. The molecule has 1 nitrogen and oxygen atoms in total. The van der Waals surface area contributed by atoms with E-state index in [9.17, 15) is 8.78 Å². The first kappa shape index (κ1) is 12.4. The number of hydrogen-bond donors (Lipinski definition) is 1. The van der Waals surface area contributed by atoms with Crippen LogP contribution >= 0.6 is 15.9 Å². The third-order valence-corrected chi connectivity index (χ3v) is 3.51. The molecule has 0 spiro atoms. The summed E-state index contributed by atoms with van der Waals surface area (Å²) in [4.78, 5) is 3.04. The Kier molecular flexibility index (Phi) is 2.90. The van der Waals surface area contributed by atoms with Gasteiger partial charge in [-0.3, -0.25) is 0 Å². The molecule has 0 bridgehead atoms. The van der Waals surface area contributed by atoms with Crippen LogP contribution in [0.5, 0.6) is 0 Å². The third-order valence-electron chi connectivity index (χ3n) is 3.05. The van der Waals surface area contributed by atoms with Gasteiger partial charge in [-0.25, -0.2) is 8.78 Å². The Balaban J connectivity index is 2.24. The minimum Gasteiger partial charge on any atom is -0.354 e. The molecule has 1 N–H and O–H groups in total. The first-order valence-corrected chi connectivity index (χ1v) is 6.58. The summed E-state index contributed by atoms with van der Waals surface area (Å²) in [6, 6.07) is 10.1. The SMILES string of the molecule is Cc1ccc2[nH]c(-c3c(F)cc(Br)cc3F)cc2c1. The molecule has 1 aromatic heterocycles. The molecule has 2 aromatic carbocycles. The zero-order chi connectivity index (χ0) is 13.6. The zero-order valence-electron chi connectivity index (χ0n) is 10.1. The number of aromatic amines is 1. The quantitative estimate of drug-likeness (QED) is 0.635. The van der Waals surface area contributed by atoms with Gasteiger partial charge in [0.25, 0.3) is 0 Å². The lowest BCUT2D eigenvalue weighted by molar-refractivity contribution is 0.587. The van der Waals surface area contributed by atoms with E-state index in [4.69, 9.17) is 0 Å². The van der Waals surface area contributed by atoms with Crippen molar-refractivity contribution in [2.24, 2.45) is 0 Å². The van der Waals surface area contributed by atoms with Crippen LogP contribution < -0.4 is 0 Å². The van der Waals surface area contributed by atoms with Crippen LogP contribution in [0.25, 0.3) is 22.2 Å². The van der Waals surface area contributed by atoms with Crippen molar-refractivity contribution in [2.75, 3.05) is 0 Å². The minimum atomic E-state index is -0.588. The predicted octanol–water partition coefficient (Wildman–Crippen LogP) is 5.18. The molecule has 3 rings (SSSR count). The number of H-pyrrole nitrogens is 1. The standard InChI is InChI=1S/C15H10BrF2N/c1-8-2-3-13-9(4-8)5-14(19-13)15-11(17)6-10(16)7-12(15)18/h2-7,19H,1H3. The van der Waals surface area contributed by atoms with Crippen LogP contribution in [0.2, 0.25) is 0 Å². The summed E-state index contributed by atoms with van der Waals surface area (Å²) in [5.74, 6) is -1.18. The maximum Gasteiger partial charge on any atom is 0.136 e. The summed E-state index contributed by atoms with van der Waals surface area (Å²) in [5.41, 5.74) is 2.39. The third kappa shape index (κ3) is 2.16. The lowest BCUT2D eigenvalue weighted by Crippen LogP contribution is -1.90. The van der Waals surface area contributed by atoms with Crippen LogP contribution in [-0.4, -0.2) is 4.98 Å². The van der Waals surface area contributed by atoms with Crippen LogP contribution in [0.3, 0.4) is 0 Å². The highest BCUT2D eigenvalue weighted by atomic mass is 79.9. The van der Waals surface area contributed by atoms with Crippen molar-refractivity contribution in [3.63, 3.8) is 0 Å². The van der Waals surface area contributed by atoms with Crippen molar-refractivity contribution >= 4 is 26.8 Å². The molecule has 0 atom stereocenters. The molecular weight excluding hydrogens is 312 g/mol. The number of aryl methyl sites for hydroxylation is 1. The second-order valence-corrected chi connectivity index (χ2v) is 5.43. The predicted molar refractivity (Wildman–Crippen MR) is 76.1 cm³/mol. The number of hydrogen-bond acceptors (Lipinski definition) is 0. The second kappa shape index (κ2) is 4.46. The molecule has 1 heterocycles. The lowest BCUT2D eigenvalue weighted by atomic mass is 10.1. The fourth-order valence-corrected chi connectivity index (χ4v) is 2.59. The molecule has 19 heavy (non-hydrogen) atoms. The number of aromatic nitrogens is 1. The molecular formula is C15H10BrF2N. The van der Waals surface area contributed by atoms with Gasteiger partial charge in [0.2, 0.25) is 0 Å². The highest BCUT2D eigenvalue weighted by molar-refractivity contribution is 9.10. The van der Waals surface area contributed by atoms with E-state index in [1.54, 1.807) is 6.07 Å². The summed E-state index contributed by atoms with van der Waals surface area (Å²) in [6.45, 7) is 1.98. The van der Waals surface area contributed by atoms with Crippen molar-refractivity contribution in [3.8, 4) is 11.3 Å². The molecule has 3 aromatic rings. The monoisotopic (exact) mass is 321 g/mol. The van der Waals surface area contributed by atoms with E-state index in [2.05, 4.69) is 20.9 Å². The second-order valence-electron chi connectivity index (χ2n) is 4.52. The molecule has 0 fully saturated rings. The molecule has 96 valence electrons. The van der Waals surface area contributed by atoms with Gasteiger partial charge in [0.1, 0.15) is 11.6 Å². The molecule has 0 amide bonds. The molecule has 0 radical (unpaired) electrons. The van der Waals surface area contributed by atoms with Crippen LogP contribution in [0, 0.1) is 18.6 Å². The molecule has 0 aliphatic rings. The minimum absolute atomic E-state index is 0.0305. The maximum atomic E-state index is 13.9. The van der Waals surface area contributed by atoms with E-state index >= 15 is 0 Å². The molecule has 0 aliphatic heterocycles. The van der Waals surface area contributed by atoms with Crippen LogP contribution in [-0.2, 0) is 0 Å². The van der Waals surface area contributed by atoms with Gasteiger partial charge in [0.05, 0.1) is 11.3 Å². The zero-order valence-corrected chi connectivity index (χ0v) is 11.7. The summed E-state index contributed by atoms with van der Waals surface area (Å²) >= 11 is 3.07. The number of nitrogens with one attached hydrogen (secondary N) is 1. The van der Waals surface area contributed by atoms with Gasteiger partial charge in [-0.2, -0.15) is 0 Å². The topological polar surface area (TPSA) is 15.8 Å². The normalized spacial score (nSPS) is 11.2. The molecule has 0 saturated carbocycles. The fraction of sp³-hybridized carbons (Fsp3) is 0.0667. The smallest absolute Gasteiger partial charge is 0.136 e. The molecule has 4 heteroatoms. The van der Waals surface area contributed by atoms with Gasteiger partial charge in [0, 0.05) is 15.4 Å². The maximum absolute atomic E-state index is 13.9. The van der Waals surface area contributed by atoms with E-state index in [1.165, 1.54) is 12.1 Å². The lowest BCUT2D eigenvalue weighted by Gasteiger charge is -2.03. The van der Waals surface area contributed by atoms with Gasteiger partial charge in [0.15, 0.2) is 0 Å². The number of benzene rings is 2. The van der Waals surface area contributed by atoms with Crippen molar-refractivity contribution in [2.45, 2.75) is 6.92 Å². The molecule has 0 aliphatic carbocycles. The first-order valence-electron chi connectivity index (χ1n) is 5.79. The van der Waals surface area contributed by atoms with Crippen molar-refractivity contribution in [3.05, 3.63) is 58.1 Å². The fourth-order valence-electron chi connectivity index (χ4n) is 2.19. The summed E-state index contributed by atoms with van der Waals surface area (Å²) < 4.78 is 28.2. The van der Waals surface area contributed by atoms with Gasteiger partial charge in [-0.05, 0) is 37.3 Å². The van der Waals surface area contributed by atoms with Gasteiger partial charge >= 0.3 is 0 Å². The van der Waals surface area contributed by atoms with E-state index in [0.717, 1.165) is 16.5 Å². The van der Waals surface area contributed by atoms with Crippen LogP contribution in [0.4, 0.5) is 8.78 Å². The highest BCUT2D eigenvalue weighted by Gasteiger charge is 2.14. The van der Waals surface area contributed by atoms with E-state index in [-0.39, 0.29) is 5.56 Å². The van der Waals surface area contributed by atoms with Crippen LogP contribution in [0.15, 0.2) is 40.9 Å². The van der Waals surface area contributed by atoms with Gasteiger partial charge < -0.3 is 4.98 Å². The Hall–Kier alpha value is -1.68. The Morgan fingerprint density at radius 2 is 1.68 bits per heavy atom. The Bertz CT molecular complexity index is 754. The average Bonchev–Trinajstić information content (AvgIpc) is 2.69. The molecule has 0 unspecified atom stereocenters. The van der Waals surface area contributed by atoms with Crippen molar-refractivity contribution in [1.29, 1.82) is 0 Å². The van der Waals surface area contributed by atoms with E-state index in [1.807, 2.05) is 25.1 Å². The van der Waals surface area contributed by atoms with E-state index in [0.29, 0.717) is 10.2 Å². The van der Waals surface area contributed by atoms with E-state index < -0.39 is 11.6 Å². The number of fused-ring (bicyclic) bond motifs is 1. The largest absolute Gasteiger partial charge is 0.354 e.